The van der Waals surface area contributed by atoms with E-state index < -0.39 is 22.6 Å². The zero-order valence-electron chi connectivity index (χ0n) is 20.0. The van der Waals surface area contributed by atoms with E-state index in [4.69, 9.17) is 5.11 Å². The molecule has 6 atom stereocenters. The van der Waals surface area contributed by atoms with Crippen molar-refractivity contribution in [2.45, 2.75) is 66.8 Å². The van der Waals surface area contributed by atoms with Crippen LogP contribution in [0.3, 0.4) is 0 Å². The molecule has 0 aliphatic carbocycles. The number of unbranched alkanes of at least 4 members (excludes halogenated alkanes) is 3. The first-order valence-electron chi connectivity index (χ1n) is 12.1. The molecule has 3 aliphatic rings. The van der Waals surface area contributed by atoms with E-state index >= 15 is 0 Å². The molecule has 1 aromatic rings. The highest BCUT2D eigenvalue weighted by Gasteiger charge is 2.75. The van der Waals surface area contributed by atoms with Crippen LogP contribution in [0.5, 0.6) is 0 Å². The van der Waals surface area contributed by atoms with E-state index in [0.717, 1.165) is 42.5 Å². The highest BCUT2D eigenvalue weighted by molar-refractivity contribution is 9.09. The second-order valence-corrected chi connectivity index (χ2v) is 12.5. The maximum Gasteiger partial charge on any atom is 0.248 e. The fourth-order valence-corrected chi connectivity index (χ4v) is 9.57. The number of aliphatic hydroxyl groups excluding tert-OH is 1. The number of carbonyl (C=O) groups excluding carboxylic acids is 3. The number of anilines is 1. The minimum absolute atomic E-state index is 0.0309. The summed E-state index contributed by atoms with van der Waals surface area (Å²) >= 11 is 5.42. The van der Waals surface area contributed by atoms with Crippen LogP contribution in [0.2, 0.25) is 0 Å². The fourth-order valence-electron chi connectivity index (χ4n) is 5.96. The standard InChI is InChI=1S/C25H34BrN3O4S/c1-14-8-9-15(2)17(12-14)28-23(32)21-25-13-16(26)20(34-25)18(22(31)27-3)19(25)24(33)29(21)10-6-4-5-7-11-30/h8-9,12,16,18-21,30H,4-7,10-11,13H2,1-3H3,(H,27,31)(H,28,32)/t16?,18-,19+,20-,21?,25?/m1/s1. The molecule has 9 heteroatoms. The number of amides is 3. The topological polar surface area (TPSA) is 98.7 Å². The second-order valence-electron chi connectivity index (χ2n) is 9.75. The minimum Gasteiger partial charge on any atom is -0.396 e. The Balaban J connectivity index is 1.66. The lowest BCUT2D eigenvalue weighted by Gasteiger charge is -2.35. The van der Waals surface area contributed by atoms with Crippen molar-refractivity contribution >= 4 is 51.1 Å². The Hall–Kier alpha value is -1.58. The van der Waals surface area contributed by atoms with Gasteiger partial charge in [-0.05, 0) is 50.3 Å². The Morgan fingerprint density at radius 2 is 1.94 bits per heavy atom. The quantitative estimate of drug-likeness (QED) is 0.323. The Morgan fingerprint density at radius 1 is 1.21 bits per heavy atom. The number of fused-ring (bicyclic) bond motifs is 1. The molecule has 3 fully saturated rings. The van der Waals surface area contributed by atoms with E-state index in [1.165, 1.54) is 0 Å². The van der Waals surface area contributed by atoms with Crippen molar-refractivity contribution in [1.29, 1.82) is 0 Å². The first-order chi connectivity index (χ1) is 16.2. The second kappa shape index (κ2) is 10.2. The van der Waals surface area contributed by atoms with Gasteiger partial charge in [-0.3, -0.25) is 14.4 Å². The van der Waals surface area contributed by atoms with Crippen LogP contribution < -0.4 is 10.6 Å². The van der Waals surface area contributed by atoms with Crippen LogP contribution in [0.4, 0.5) is 5.69 Å². The number of thioether (sulfide) groups is 1. The number of rotatable bonds is 9. The Bertz CT molecular complexity index is 975. The number of nitrogens with zero attached hydrogens (tertiary/aromatic N) is 1. The lowest BCUT2D eigenvalue weighted by molar-refractivity contribution is -0.139. The lowest BCUT2D eigenvalue weighted by Crippen LogP contribution is -2.53. The molecule has 3 N–H and O–H groups in total. The third-order valence-electron chi connectivity index (χ3n) is 7.54. The molecule has 1 aromatic carbocycles. The van der Waals surface area contributed by atoms with Crippen LogP contribution in [0, 0.1) is 25.7 Å². The summed E-state index contributed by atoms with van der Waals surface area (Å²) in [6.45, 7) is 4.58. The number of nitrogens with one attached hydrogen (secondary N) is 2. The van der Waals surface area contributed by atoms with E-state index in [9.17, 15) is 14.4 Å². The molecule has 1 spiro atoms. The van der Waals surface area contributed by atoms with Crippen LogP contribution in [-0.2, 0) is 14.4 Å². The van der Waals surface area contributed by atoms with Crippen LogP contribution >= 0.6 is 27.7 Å². The fraction of sp³-hybridized carbons (Fsp3) is 0.640. The largest absolute Gasteiger partial charge is 0.396 e. The van der Waals surface area contributed by atoms with Crippen molar-refractivity contribution in [3.05, 3.63) is 29.3 Å². The van der Waals surface area contributed by atoms with Crippen LogP contribution in [-0.4, -0.2) is 68.8 Å². The summed E-state index contributed by atoms with van der Waals surface area (Å²) in [5.41, 5.74) is 2.78. The Kier molecular flexibility index (Phi) is 7.64. The monoisotopic (exact) mass is 551 g/mol. The normalized spacial score (nSPS) is 31.6. The summed E-state index contributed by atoms with van der Waals surface area (Å²) < 4.78 is -0.625. The minimum atomic E-state index is -0.632. The van der Waals surface area contributed by atoms with Crippen molar-refractivity contribution in [1.82, 2.24) is 10.2 Å². The maximum absolute atomic E-state index is 13.9. The first kappa shape index (κ1) is 25.5. The molecule has 4 rings (SSSR count). The van der Waals surface area contributed by atoms with Crippen molar-refractivity contribution in [2.24, 2.45) is 11.8 Å². The van der Waals surface area contributed by atoms with Gasteiger partial charge >= 0.3 is 0 Å². The molecule has 2 bridgehead atoms. The van der Waals surface area contributed by atoms with Crippen LogP contribution in [0.25, 0.3) is 0 Å². The third-order valence-corrected chi connectivity index (χ3v) is 10.8. The number of aliphatic hydroxyl groups is 1. The van der Waals surface area contributed by atoms with Gasteiger partial charge in [0.1, 0.15) is 6.04 Å². The molecule has 3 saturated heterocycles. The SMILES string of the molecule is CNC(=O)[C@H]1[C@@H]2SC3(CC2Br)C(C(=O)Nc2cc(C)ccc2C)N(CCCCCCO)C(=O)[C@H]13. The number of benzene rings is 1. The van der Waals surface area contributed by atoms with Crippen molar-refractivity contribution in [3.63, 3.8) is 0 Å². The van der Waals surface area contributed by atoms with Crippen LogP contribution in [0.15, 0.2) is 18.2 Å². The van der Waals surface area contributed by atoms with Gasteiger partial charge in [0.15, 0.2) is 0 Å². The van der Waals surface area contributed by atoms with E-state index in [1.807, 2.05) is 32.0 Å². The maximum atomic E-state index is 13.9. The molecule has 3 amide bonds. The number of likely N-dealkylation sites (tertiary alicyclic amines) is 1. The number of hydrogen-bond donors (Lipinski definition) is 3. The lowest BCUT2D eigenvalue weighted by atomic mass is 9.70. The smallest absolute Gasteiger partial charge is 0.248 e. The highest BCUT2D eigenvalue weighted by Crippen LogP contribution is 2.67. The van der Waals surface area contributed by atoms with Gasteiger partial charge in [-0.2, -0.15) is 0 Å². The predicted octanol–water partition coefficient (Wildman–Crippen LogP) is 3.01. The number of carbonyl (C=O) groups is 3. The van der Waals surface area contributed by atoms with Crippen molar-refractivity contribution < 1.29 is 19.5 Å². The van der Waals surface area contributed by atoms with Gasteiger partial charge in [-0.15, -0.1) is 11.8 Å². The zero-order valence-corrected chi connectivity index (χ0v) is 22.4. The van der Waals surface area contributed by atoms with Gasteiger partial charge in [0.25, 0.3) is 0 Å². The Labute approximate surface area is 213 Å². The average Bonchev–Trinajstić information content (AvgIpc) is 3.39. The van der Waals surface area contributed by atoms with Gasteiger partial charge in [-0.25, -0.2) is 0 Å². The molecular formula is C25H34BrN3O4S. The predicted molar refractivity (Wildman–Crippen MR) is 138 cm³/mol. The molecule has 186 valence electrons. The number of alkyl halides is 1. The highest BCUT2D eigenvalue weighted by atomic mass is 79.9. The number of halogens is 1. The van der Waals surface area contributed by atoms with Gasteiger partial charge < -0.3 is 20.6 Å². The summed E-state index contributed by atoms with van der Waals surface area (Å²) in [6.07, 6.45) is 3.94. The summed E-state index contributed by atoms with van der Waals surface area (Å²) in [7, 11) is 1.61. The number of hydrogen-bond acceptors (Lipinski definition) is 5. The van der Waals surface area contributed by atoms with E-state index in [0.29, 0.717) is 13.0 Å². The molecule has 0 saturated carbocycles. The van der Waals surface area contributed by atoms with Crippen molar-refractivity contribution in [3.8, 4) is 0 Å². The molecule has 34 heavy (non-hydrogen) atoms. The summed E-state index contributed by atoms with van der Waals surface area (Å²) in [5, 5.41) is 14.9. The molecular weight excluding hydrogens is 518 g/mol. The summed E-state index contributed by atoms with van der Waals surface area (Å²) in [4.78, 5) is 42.4. The van der Waals surface area contributed by atoms with Gasteiger partial charge in [0.2, 0.25) is 17.7 Å². The Morgan fingerprint density at radius 3 is 2.65 bits per heavy atom. The molecule has 3 aliphatic heterocycles. The molecule has 7 nitrogen and oxygen atoms in total. The molecule has 3 heterocycles. The van der Waals surface area contributed by atoms with Gasteiger partial charge in [0.05, 0.1) is 16.6 Å². The third kappa shape index (κ3) is 4.28. The van der Waals surface area contributed by atoms with Crippen molar-refractivity contribution in [2.75, 3.05) is 25.5 Å². The molecule has 3 unspecified atom stereocenters. The zero-order chi connectivity index (χ0) is 24.6. The summed E-state index contributed by atoms with van der Waals surface area (Å²) in [5.74, 6) is -1.32. The molecule has 0 aromatic heterocycles. The first-order valence-corrected chi connectivity index (χ1v) is 13.9. The average molecular weight is 553 g/mol. The summed E-state index contributed by atoms with van der Waals surface area (Å²) in [6, 6.07) is 5.32. The van der Waals surface area contributed by atoms with Gasteiger partial charge in [-0.1, -0.05) is 40.9 Å². The van der Waals surface area contributed by atoms with Crippen LogP contribution in [0.1, 0.15) is 43.2 Å². The van der Waals surface area contributed by atoms with E-state index in [2.05, 4.69) is 26.6 Å². The van der Waals surface area contributed by atoms with E-state index in [-0.39, 0.29) is 34.4 Å². The number of aryl methyl sites for hydroxylation is 2. The van der Waals surface area contributed by atoms with Gasteiger partial charge in [0, 0.05) is 36.0 Å². The van der Waals surface area contributed by atoms with E-state index in [1.54, 1.807) is 23.7 Å². The molecule has 0 radical (unpaired) electrons.